The van der Waals surface area contributed by atoms with Crippen LogP contribution in [0.4, 0.5) is 0 Å². The maximum Gasteiger partial charge on any atom is 0.255 e. The summed E-state index contributed by atoms with van der Waals surface area (Å²) in [6.07, 6.45) is 0.523. The summed E-state index contributed by atoms with van der Waals surface area (Å²) < 4.78 is 0. The maximum atomic E-state index is 13.0. The number of carbonyl (C=O) groups excluding carboxylic acids is 4. The summed E-state index contributed by atoms with van der Waals surface area (Å²) in [6, 6.07) is 17.8. The second-order valence-electron chi connectivity index (χ2n) is 7.66. The summed E-state index contributed by atoms with van der Waals surface area (Å²) in [7, 11) is 0. The van der Waals surface area contributed by atoms with E-state index in [4.69, 9.17) is 0 Å². The van der Waals surface area contributed by atoms with E-state index >= 15 is 0 Å². The van der Waals surface area contributed by atoms with Gasteiger partial charge in [-0.1, -0.05) is 42.5 Å². The average Bonchev–Trinajstić information content (AvgIpc) is 3.08. The molecule has 1 N–H and O–H groups in total. The molecule has 1 fully saturated rings. The van der Waals surface area contributed by atoms with Gasteiger partial charge in [0.25, 0.3) is 5.91 Å². The Bertz CT molecular complexity index is 1250. The lowest BCUT2D eigenvalue weighted by molar-refractivity contribution is -0.136. The highest BCUT2D eigenvalue weighted by Crippen LogP contribution is 2.29. The Morgan fingerprint density at radius 3 is 2.43 bits per heavy atom. The zero-order valence-corrected chi connectivity index (χ0v) is 16.1. The lowest BCUT2D eigenvalue weighted by Gasteiger charge is -2.29. The molecule has 2 heterocycles. The Morgan fingerprint density at radius 2 is 1.63 bits per heavy atom. The molecule has 3 aromatic carbocycles. The molecular formula is C24H18N2O4. The summed E-state index contributed by atoms with van der Waals surface area (Å²) in [6.45, 7) is 0.249. The van der Waals surface area contributed by atoms with Crippen LogP contribution in [0, 0.1) is 0 Å². The number of hydrogen-bond donors (Lipinski definition) is 1. The lowest BCUT2D eigenvalue weighted by Crippen LogP contribution is -2.52. The molecule has 1 unspecified atom stereocenters. The van der Waals surface area contributed by atoms with Crippen LogP contribution in [0.2, 0.25) is 0 Å². The normalized spacial score (nSPS) is 18.5. The second-order valence-corrected chi connectivity index (χ2v) is 7.66. The largest absolute Gasteiger partial charge is 0.322 e. The number of imide groups is 1. The summed E-state index contributed by atoms with van der Waals surface area (Å²) in [5.41, 5.74) is 2.30. The molecule has 0 aromatic heterocycles. The van der Waals surface area contributed by atoms with Crippen LogP contribution in [-0.4, -0.2) is 34.4 Å². The van der Waals surface area contributed by atoms with Crippen molar-refractivity contribution in [2.75, 3.05) is 0 Å². The van der Waals surface area contributed by atoms with Gasteiger partial charge in [-0.25, -0.2) is 0 Å². The number of hydrogen-bond acceptors (Lipinski definition) is 4. The molecule has 0 bridgehead atoms. The topological polar surface area (TPSA) is 83.6 Å². The summed E-state index contributed by atoms with van der Waals surface area (Å²) >= 11 is 0. The Hall–Kier alpha value is -3.80. The van der Waals surface area contributed by atoms with E-state index in [1.807, 2.05) is 36.4 Å². The van der Waals surface area contributed by atoms with E-state index in [0.717, 1.165) is 16.3 Å². The fourth-order valence-electron chi connectivity index (χ4n) is 4.21. The molecule has 1 saturated heterocycles. The van der Waals surface area contributed by atoms with E-state index in [9.17, 15) is 19.2 Å². The van der Waals surface area contributed by atoms with Gasteiger partial charge in [-0.05, 0) is 41.0 Å². The van der Waals surface area contributed by atoms with E-state index in [0.29, 0.717) is 23.1 Å². The van der Waals surface area contributed by atoms with Gasteiger partial charge < -0.3 is 4.90 Å². The van der Waals surface area contributed by atoms with Gasteiger partial charge in [0.2, 0.25) is 11.8 Å². The van der Waals surface area contributed by atoms with Crippen LogP contribution in [0.25, 0.3) is 10.8 Å². The second kappa shape index (κ2) is 6.91. The molecule has 0 spiro atoms. The van der Waals surface area contributed by atoms with Gasteiger partial charge in [0.1, 0.15) is 6.04 Å². The van der Waals surface area contributed by atoms with Crippen LogP contribution >= 0.6 is 0 Å². The highest BCUT2D eigenvalue weighted by molar-refractivity contribution is 6.12. The predicted molar refractivity (Wildman–Crippen MR) is 110 cm³/mol. The Morgan fingerprint density at radius 1 is 0.900 bits per heavy atom. The average molecular weight is 398 g/mol. The number of nitrogens with zero attached hydrogens (tertiary/aromatic N) is 1. The highest BCUT2D eigenvalue weighted by Gasteiger charge is 2.39. The number of rotatable bonds is 3. The fourth-order valence-corrected chi connectivity index (χ4v) is 4.21. The molecule has 0 radical (unpaired) electrons. The van der Waals surface area contributed by atoms with Crippen molar-refractivity contribution in [2.24, 2.45) is 0 Å². The third kappa shape index (κ3) is 2.97. The minimum absolute atomic E-state index is 0.115. The van der Waals surface area contributed by atoms with Crippen LogP contribution in [0.1, 0.15) is 44.7 Å². The molecule has 148 valence electrons. The van der Waals surface area contributed by atoms with Crippen molar-refractivity contribution >= 4 is 34.3 Å². The standard InChI is InChI=1S/C24H18N2O4/c27-21-10-9-20(23(29)25-21)26-13-18-12-17(7-8-19(18)24(26)30)22(28)16-6-5-14-3-1-2-4-15(14)11-16/h1-8,11-12,20H,9-10,13H2,(H,25,27,29). The molecule has 3 amide bonds. The van der Waals surface area contributed by atoms with Crippen molar-refractivity contribution in [2.45, 2.75) is 25.4 Å². The van der Waals surface area contributed by atoms with E-state index in [-0.39, 0.29) is 30.6 Å². The van der Waals surface area contributed by atoms with E-state index in [1.54, 1.807) is 24.3 Å². The summed E-state index contributed by atoms with van der Waals surface area (Å²) in [4.78, 5) is 50.9. The van der Waals surface area contributed by atoms with Crippen LogP contribution < -0.4 is 5.32 Å². The SMILES string of the molecule is O=C1CCC(N2Cc3cc(C(=O)c4ccc5ccccc5c4)ccc3C2=O)C(=O)N1. The molecule has 2 aliphatic rings. The third-order valence-electron chi connectivity index (χ3n) is 5.80. The predicted octanol–water partition coefficient (Wildman–Crippen LogP) is 2.83. The van der Waals surface area contributed by atoms with Gasteiger partial charge in [-0.2, -0.15) is 0 Å². The van der Waals surface area contributed by atoms with Crippen molar-refractivity contribution in [1.82, 2.24) is 10.2 Å². The molecule has 0 aliphatic carbocycles. The van der Waals surface area contributed by atoms with Crippen LogP contribution in [0.15, 0.2) is 60.7 Å². The maximum absolute atomic E-state index is 13.0. The molecular weight excluding hydrogens is 380 g/mol. The number of ketones is 1. The smallest absolute Gasteiger partial charge is 0.255 e. The van der Waals surface area contributed by atoms with Gasteiger partial charge >= 0.3 is 0 Å². The zero-order chi connectivity index (χ0) is 20.8. The Balaban J connectivity index is 1.43. The van der Waals surface area contributed by atoms with Gasteiger partial charge in [0.05, 0.1) is 0 Å². The van der Waals surface area contributed by atoms with Gasteiger partial charge in [0, 0.05) is 29.7 Å². The molecule has 6 nitrogen and oxygen atoms in total. The van der Waals surface area contributed by atoms with E-state index < -0.39 is 11.9 Å². The number of carbonyl (C=O) groups is 4. The summed E-state index contributed by atoms with van der Waals surface area (Å²) in [5.74, 6) is -1.12. The van der Waals surface area contributed by atoms with E-state index in [1.165, 1.54) is 4.90 Å². The van der Waals surface area contributed by atoms with Crippen LogP contribution in [0.5, 0.6) is 0 Å². The number of piperidine rings is 1. The molecule has 1 atom stereocenters. The summed E-state index contributed by atoms with van der Waals surface area (Å²) in [5, 5.41) is 4.35. The van der Waals surface area contributed by atoms with Gasteiger partial charge in [-0.15, -0.1) is 0 Å². The van der Waals surface area contributed by atoms with Gasteiger partial charge in [0.15, 0.2) is 5.78 Å². The lowest BCUT2D eigenvalue weighted by atomic mass is 9.97. The number of nitrogens with one attached hydrogen (secondary N) is 1. The Labute approximate surface area is 172 Å². The van der Waals surface area contributed by atoms with Crippen LogP contribution in [0.3, 0.4) is 0 Å². The molecule has 6 heteroatoms. The molecule has 30 heavy (non-hydrogen) atoms. The zero-order valence-electron chi connectivity index (χ0n) is 16.1. The first kappa shape index (κ1) is 18.2. The highest BCUT2D eigenvalue weighted by atomic mass is 16.2. The molecule has 5 rings (SSSR count). The van der Waals surface area contributed by atoms with Crippen molar-refractivity contribution in [3.05, 3.63) is 82.9 Å². The van der Waals surface area contributed by atoms with E-state index in [2.05, 4.69) is 5.32 Å². The number of benzene rings is 3. The van der Waals surface area contributed by atoms with Crippen molar-refractivity contribution in [1.29, 1.82) is 0 Å². The molecule has 0 saturated carbocycles. The van der Waals surface area contributed by atoms with Crippen LogP contribution in [-0.2, 0) is 16.1 Å². The first-order chi connectivity index (χ1) is 14.5. The fraction of sp³-hybridized carbons (Fsp3) is 0.167. The quantitative estimate of drug-likeness (QED) is 0.543. The number of fused-ring (bicyclic) bond motifs is 2. The monoisotopic (exact) mass is 398 g/mol. The minimum atomic E-state index is -0.665. The molecule has 3 aromatic rings. The third-order valence-corrected chi connectivity index (χ3v) is 5.80. The van der Waals surface area contributed by atoms with Crippen molar-refractivity contribution in [3.63, 3.8) is 0 Å². The first-order valence-corrected chi connectivity index (χ1v) is 9.82. The number of amides is 3. The van der Waals surface area contributed by atoms with Gasteiger partial charge in [-0.3, -0.25) is 24.5 Å². The van der Waals surface area contributed by atoms with Crippen molar-refractivity contribution < 1.29 is 19.2 Å². The molecule has 2 aliphatic heterocycles. The van der Waals surface area contributed by atoms with Crippen molar-refractivity contribution in [3.8, 4) is 0 Å². The first-order valence-electron chi connectivity index (χ1n) is 9.82. The Kier molecular flexibility index (Phi) is 4.20. The minimum Gasteiger partial charge on any atom is -0.322 e.